The van der Waals surface area contributed by atoms with Crippen molar-refractivity contribution in [2.24, 2.45) is 0 Å². The summed E-state index contributed by atoms with van der Waals surface area (Å²) in [6.07, 6.45) is 9.89. The average molecular weight is 620 g/mol. The molecule has 1 fully saturated rings. The molecule has 0 radical (unpaired) electrons. The number of ketones is 1. The van der Waals surface area contributed by atoms with Crippen molar-refractivity contribution in [1.29, 1.82) is 0 Å². The van der Waals surface area contributed by atoms with Crippen molar-refractivity contribution in [3.63, 3.8) is 0 Å². The van der Waals surface area contributed by atoms with Gasteiger partial charge in [-0.3, -0.25) is 14.9 Å². The molecule has 1 N–H and O–H groups in total. The molecule has 3 rings (SSSR count). The molecule has 1 saturated heterocycles. The average Bonchev–Trinajstić information content (AvgIpc) is 3.28. The fourth-order valence-corrected chi connectivity index (χ4v) is 5.47. The van der Waals surface area contributed by atoms with Gasteiger partial charge in [0, 0.05) is 36.2 Å². The van der Waals surface area contributed by atoms with Crippen LogP contribution in [0.5, 0.6) is 0 Å². The van der Waals surface area contributed by atoms with Gasteiger partial charge in [0.15, 0.2) is 0 Å². The number of hydrogen-bond donors (Lipinski definition) is 1. The van der Waals surface area contributed by atoms with Crippen LogP contribution in [-0.4, -0.2) is 23.7 Å². The van der Waals surface area contributed by atoms with Crippen LogP contribution in [0.25, 0.3) is 0 Å². The van der Waals surface area contributed by atoms with E-state index in [1.165, 1.54) is 56.2 Å². The third-order valence-corrected chi connectivity index (χ3v) is 8.42. The van der Waals surface area contributed by atoms with Gasteiger partial charge in [0.25, 0.3) is 0 Å². The number of carbonyl (C=O) groups is 3. The maximum absolute atomic E-state index is 10.6. The lowest BCUT2D eigenvalue weighted by Gasteiger charge is -2.05. The molecule has 0 saturated carbocycles. The molecule has 1 atom stereocenters. The van der Waals surface area contributed by atoms with E-state index < -0.39 is 0 Å². The molecule has 2 heterocycles. The molecular formula is C35H57NO4S2. The number of aryl methyl sites for hydroxylation is 5. The summed E-state index contributed by atoms with van der Waals surface area (Å²) in [6.45, 7) is 24.1. The maximum atomic E-state index is 10.6. The number of benzene rings is 1. The van der Waals surface area contributed by atoms with Gasteiger partial charge in [-0.05, 0) is 88.1 Å². The predicted molar refractivity (Wildman–Crippen MR) is 184 cm³/mol. The third kappa shape index (κ3) is 20.6. The number of carbonyl (C=O) groups excluding carboxylic acids is 3. The van der Waals surface area contributed by atoms with E-state index in [0.29, 0.717) is 19.3 Å². The summed E-state index contributed by atoms with van der Waals surface area (Å²) in [5.74, 6) is 0.00000000000000111. The lowest BCUT2D eigenvalue weighted by molar-refractivity contribution is -0.129. The first-order valence-corrected chi connectivity index (χ1v) is 17.0. The van der Waals surface area contributed by atoms with Gasteiger partial charge in [0.2, 0.25) is 11.8 Å². The summed E-state index contributed by atoms with van der Waals surface area (Å²) >= 11 is 3.36. The molecule has 0 bridgehead atoms. The molecule has 0 aliphatic carbocycles. The highest BCUT2D eigenvalue weighted by Crippen LogP contribution is 2.34. The Morgan fingerprint density at radius 3 is 2.02 bits per heavy atom. The van der Waals surface area contributed by atoms with Crippen molar-refractivity contribution in [3.8, 4) is 0 Å². The van der Waals surface area contributed by atoms with Gasteiger partial charge in [-0.1, -0.05) is 72.2 Å². The summed E-state index contributed by atoms with van der Waals surface area (Å²) in [4.78, 5) is 32.4. The lowest BCUT2D eigenvalue weighted by atomic mass is 10.1. The van der Waals surface area contributed by atoms with E-state index in [2.05, 4.69) is 70.8 Å². The Labute approximate surface area is 265 Å². The molecule has 1 unspecified atom stereocenters. The Bertz CT molecular complexity index is 1030. The topological polar surface area (TPSA) is 72.5 Å². The maximum Gasteiger partial charge on any atom is 0.226 e. The minimum atomic E-state index is -0.127. The Balaban J connectivity index is 0. The van der Waals surface area contributed by atoms with Crippen molar-refractivity contribution >= 4 is 41.0 Å². The molecule has 1 aromatic heterocycles. The molecule has 2 aromatic rings. The molecule has 238 valence electrons. The van der Waals surface area contributed by atoms with Gasteiger partial charge in [0.05, 0.1) is 10.3 Å². The number of hydrogen-bond acceptors (Lipinski definition) is 6. The number of nitrogens with one attached hydrogen (secondary N) is 1. The number of imide groups is 1. The highest BCUT2D eigenvalue weighted by Gasteiger charge is 2.11. The normalized spacial score (nSPS) is 12.7. The summed E-state index contributed by atoms with van der Waals surface area (Å²) in [5, 5.41) is 2.26. The fourth-order valence-electron chi connectivity index (χ4n) is 3.19. The van der Waals surface area contributed by atoms with Crippen LogP contribution >= 0.6 is 23.4 Å². The molecule has 2 amide bonds. The van der Waals surface area contributed by atoms with Crippen LogP contribution in [0.1, 0.15) is 121 Å². The first-order valence-electron chi connectivity index (χ1n) is 15.5. The summed E-state index contributed by atoms with van der Waals surface area (Å²) in [7, 11) is 0. The van der Waals surface area contributed by atoms with Crippen molar-refractivity contribution in [2.45, 2.75) is 137 Å². The Kier molecular flexibility index (Phi) is 26.4. The zero-order valence-electron chi connectivity index (χ0n) is 28.0. The monoisotopic (exact) mass is 619 g/mol. The second-order valence-corrected chi connectivity index (χ2v) is 11.9. The SMILES string of the molecule is C=CC(C)OSc1sc(CCC)cc1CC.CC.CCC(C)=O.CCc1ccc(C)c(C)c1.O=C1CCCCC(=O)N1. The summed E-state index contributed by atoms with van der Waals surface area (Å²) < 4.78 is 6.93. The van der Waals surface area contributed by atoms with Crippen LogP contribution in [0.15, 0.2) is 41.1 Å². The van der Waals surface area contributed by atoms with Gasteiger partial charge in [-0.15, -0.1) is 17.9 Å². The van der Waals surface area contributed by atoms with Crippen molar-refractivity contribution in [2.75, 3.05) is 0 Å². The van der Waals surface area contributed by atoms with E-state index in [4.69, 9.17) is 4.18 Å². The second-order valence-electron chi connectivity index (χ2n) is 9.76. The van der Waals surface area contributed by atoms with Crippen molar-refractivity contribution < 1.29 is 18.6 Å². The first-order chi connectivity index (χ1) is 20.0. The molecule has 0 spiro atoms. The highest BCUT2D eigenvalue weighted by molar-refractivity contribution is 7.96. The quantitative estimate of drug-likeness (QED) is 0.172. The zero-order chi connectivity index (χ0) is 32.5. The van der Waals surface area contributed by atoms with Crippen LogP contribution < -0.4 is 5.32 Å². The molecule has 42 heavy (non-hydrogen) atoms. The molecule has 1 aromatic carbocycles. The van der Waals surface area contributed by atoms with E-state index in [0.717, 1.165) is 25.7 Å². The van der Waals surface area contributed by atoms with Gasteiger partial charge >= 0.3 is 0 Å². The number of Topliss-reactive ketones (excluding diaryl/α,β-unsaturated/α-hetero) is 1. The predicted octanol–water partition coefficient (Wildman–Crippen LogP) is 9.94. The van der Waals surface area contributed by atoms with Gasteiger partial charge < -0.3 is 8.98 Å². The van der Waals surface area contributed by atoms with Crippen LogP contribution in [0.3, 0.4) is 0 Å². The van der Waals surface area contributed by atoms with E-state index >= 15 is 0 Å². The number of thiophene rings is 1. The summed E-state index contributed by atoms with van der Waals surface area (Å²) in [6, 6.07) is 8.96. The molecular weight excluding hydrogens is 563 g/mol. The summed E-state index contributed by atoms with van der Waals surface area (Å²) in [5.41, 5.74) is 5.63. The second kappa shape index (κ2) is 26.4. The highest BCUT2D eigenvalue weighted by atomic mass is 32.2. The largest absolute Gasteiger partial charge is 0.302 e. The molecule has 1 aliphatic heterocycles. The van der Waals surface area contributed by atoms with Crippen LogP contribution in [0.2, 0.25) is 0 Å². The minimum Gasteiger partial charge on any atom is -0.302 e. The van der Waals surface area contributed by atoms with Crippen LogP contribution in [0, 0.1) is 13.8 Å². The minimum absolute atomic E-state index is 0.103. The van der Waals surface area contributed by atoms with Gasteiger partial charge in [-0.25, -0.2) is 0 Å². The van der Waals surface area contributed by atoms with Gasteiger partial charge in [0.1, 0.15) is 5.78 Å². The molecule has 5 nitrogen and oxygen atoms in total. The van der Waals surface area contributed by atoms with E-state index in [1.54, 1.807) is 6.92 Å². The zero-order valence-corrected chi connectivity index (χ0v) is 29.6. The first kappa shape index (κ1) is 41.9. The Morgan fingerprint density at radius 2 is 1.60 bits per heavy atom. The number of rotatable bonds is 9. The van der Waals surface area contributed by atoms with E-state index in [1.807, 2.05) is 45.1 Å². The number of amides is 2. The Morgan fingerprint density at radius 1 is 1.02 bits per heavy atom. The molecule has 1 aliphatic rings. The van der Waals surface area contributed by atoms with Crippen molar-refractivity contribution in [1.82, 2.24) is 5.32 Å². The molecule has 7 heteroatoms. The standard InChI is InChI=1S/C13H20OS2.C10H14.C6H9NO2.C4H8O.C2H6/c1-5-8-12-9-11(7-3)13(15-12)16-14-10(4)6-2;1-4-10-6-5-8(2)9(3)7-10;8-5-3-1-2-4-6(9)7-5;1-3-4(2)5;1-2/h6,9-10H,2,5,7-8H2,1,3-4H3;5-7H,4H2,1-3H3;1-4H2,(H,7,8,9);3H2,1-2H3;1-2H3. The van der Waals surface area contributed by atoms with E-state index in [-0.39, 0.29) is 23.7 Å². The fraction of sp³-hybridized carbons (Fsp3) is 0.571. The van der Waals surface area contributed by atoms with Gasteiger partial charge in [-0.2, -0.15) is 0 Å². The lowest BCUT2D eigenvalue weighted by Crippen LogP contribution is -2.27. The van der Waals surface area contributed by atoms with E-state index in [9.17, 15) is 14.4 Å². The van der Waals surface area contributed by atoms with Crippen LogP contribution in [0.4, 0.5) is 0 Å². The van der Waals surface area contributed by atoms with Crippen molar-refractivity contribution in [3.05, 3.63) is 64.1 Å². The smallest absolute Gasteiger partial charge is 0.226 e. The Hall–Kier alpha value is -2.22. The third-order valence-electron chi connectivity index (χ3n) is 6.12. The van der Waals surface area contributed by atoms with Crippen LogP contribution in [-0.2, 0) is 37.8 Å².